The number of hydrogen-bond acceptors (Lipinski definition) is 5. The van der Waals surface area contributed by atoms with Gasteiger partial charge in [-0.25, -0.2) is 4.79 Å². The van der Waals surface area contributed by atoms with Crippen LogP contribution < -0.4 is 5.32 Å². The molecular formula is C12H22N2O4. The molecule has 0 aromatic heterocycles. The van der Waals surface area contributed by atoms with Gasteiger partial charge in [0.05, 0.1) is 6.42 Å². The number of carbonyl (C=O) groups is 2. The van der Waals surface area contributed by atoms with E-state index in [0.717, 1.165) is 13.1 Å². The van der Waals surface area contributed by atoms with E-state index >= 15 is 0 Å². The van der Waals surface area contributed by atoms with Gasteiger partial charge in [0.1, 0.15) is 12.2 Å². The highest BCUT2D eigenvalue weighted by Gasteiger charge is 2.19. The maximum absolute atomic E-state index is 11.6. The van der Waals surface area contributed by atoms with Crippen LogP contribution in [0, 0.1) is 0 Å². The molecule has 0 aliphatic carbocycles. The Morgan fingerprint density at radius 2 is 1.83 bits per heavy atom. The predicted molar refractivity (Wildman–Crippen MR) is 66.3 cm³/mol. The molecule has 0 bridgehead atoms. The van der Waals surface area contributed by atoms with Gasteiger partial charge in [0.15, 0.2) is 0 Å². The minimum absolute atomic E-state index is 0.0671. The van der Waals surface area contributed by atoms with Crippen molar-refractivity contribution in [2.45, 2.75) is 32.8 Å². The number of piperazine rings is 1. The quantitative estimate of drug-likeness (QED) is 0.757. The average Bonchev–Trinajstić information content (AvgIpc) is 2.27. The molecule has 1 heterocycles. The van der Waals surface area contributed by atoms with Gasteiger partial charge in [0.2, 0.25) is 0 Å². The van der Waals surface area contributed by atoms with Crippen molar-refractivity contribution in [1.29, 1.82) is 0 Å². The van der Waals surface area contributed by atoms with Crippen molar-refractivity contribution < 1.29 is 19.1 Å². The van der Waals surface area contributed by atoms with Crippen LogP contribution in [0.25, 0.3) is 0 Å². The van der Waals surface area contributed by atoms with Crippen LogP contribution in [0.15, 0.2) is 0 Å². The van der Waals surface area contributed by atoms with Crippen LogP contribution in [0.3, 0.4) is 0 Å². The van der Waals surface area contributed by atoms with Crippen molar-refractivity contribution in [3.05, 3.63) is 0 Å². The molecule has 18 heavy (non-hydrogen) atoms. The highest BCUT2D eigenvalue weighted by atomic mass is 16.6. The van der Waals surface area contributed by atoms with Crippen LogP contribution in [-0.4, -0.2) is 55.3 Å². The molecule has 1 aliphatic heterocycles. The number of hydrogen-bond donors (Lipinski definition) is 1. The van der Waals surface area contributed by atoms with Gasteiger partial charge in [0, 0.05) is 26.2 Å². The predicted octanol–water partition coefficient (Wildman–Crippen LogP) is 0.760. The molecular weight excluding hydrogens is 236 g/mol. The molecule has 1 aliphatic rings. The molecule has 6 nitrogen and oxygen atoms in total. The monoisotopic (exact) mass is 258 g/mol. The highest BCUT2D eigenvalue weighted by Crippen LogP contribution is 2.08. The molecule has 0 saturated carbocycles. The maximum Gasteiger partial charge on any atom is 0.409 e. The standard InChI is InChI=1S/C12H22N2O4/c1-12(2,3)18-10(15)4-9-17-11(16)14-7-5-13-6-8-14/h13H,4-9H2,1-3H3. The number of carbonyl (C=O) groups excluding carboxylic acids is 2. The number of esters is 1. The van der Waals surface area contributed by atoms with Gasteiger partial charge in [0.25, 0.3) is 0 Å². The fourth-order valence-electron chi connectivity index (χ4n) is 1.55. The van der Waals surface area contributed by atoms with Gasteiger partial charge in [-0.05, 0) is 20.8 Å². The third-order valence-corrected chi connectivity index (χ3v) is 2.33. The molecule has 1 amide bonds. The van der Waals surface area contributed by atoms with E-state index in [1.54, 1.807) is 25.7 Å². The van der Waals surface area contributed by atoms with Gasteiger partial charge in [-0.2, -0.15) is 0 Å². The van der Waals surface area contributed by atoms with E-state index in [1.165, 1.54) is 0 Å². The van der Waals surface area contributed by atoms with E-state index in [0.29, 0.717) is 13.1 Å². The molecule has 6 heteroatoms. The Morgan fingerprint density at radius 3 is 2.39 bits per heavy atom. The van der Waals surface area contributed by atoms with E-state index in [9.17, 15) is 9.59 Å². The van der Waals surface area contributed by atoms with Crippen LogP contribution in [0.5, 0.6) is 0 Å². The van der Waals surface area contributed by atoms with Crippen molar-refractivity contribution in [3.8, 4) is 0 Å². The van der Waals surface area contributed by atoms with E-state index in [4.69, 9.17) is 9.47 Å². The second-order valence-electron chi connectivity index (χ2n) is 5.19. The summed E-state index contributed by atoms with van der Waals surface area (Å²) in [4.78, 5) is 24.6. The number of rotatable bonds is 3. The van der Waals surface area contributed by atoms with E-state index < -0.39 is 5.60 Å². The van der Waals surface area contributed by atoms with Crippen molar-refractivity contribution in [2.75, 3.05) is 32.8 Å². The van der Waals surface area contributed by atoms with Crippen molar-refractivity contribution in [1.82, 2.24) is 10.2 Å². The van der Waals surface area contributed by atoms with Crippen LogP contribution in [0.4, 0.5) is 4.79 Å². The number of nitrogens with zero attached hydrogens (tertiary/aromatic N) is 1. The molecule has 1 saturated heterocycles. The van der Waals surface area contributed by atoms with Crippen molar-refractivity contribution in [2.24, 2.45) is 0 Å². The Hall–Kier alpha value is -1.30. The Labute approximate surface area is 108 Å². The van der Waals surface area contributed by atoms with Crippen LogP contribution in [0.2, 0.25) is 0 Å². The normalized spacial score (nSPS) is 16.3. The average molecular weight is 258 g/mol. The Kier molecular flexibility index (Phi) is 5.40. The third kappa shape index (κ3) is 5.86. The SMILES string of the molecule is CC(C)(C)OC(=O)CCOC(=O)N1CCNCC1. The van der Waals surface area contributed by atoms with Gasteiger partial charge >= 0.3 is 12.1 Å². The van der Waals surface area contributed by atoms with E-state index in [1.807, 2.05) is 0 Å². The zero-order valence-electron chi connectivity index (χ0n) is 11.3. The Bertz CT molecular complexity index is 293. The summed E-state index contributed by atoms with van der Waals surface area (Å²) < 4.78 is 10.1. The number of amides is 1. The van der Waals surface area contributed by atoms with Crippen molar-refractivity contribution >= 4 is 12.1 Å². The summed E-state index contributed by atoms with van der Waals surface area (Å²) in [7, 11) is 0. The van der Waals surface area contributed by atoms with Gasteiger partial charge in [-0.15, -0.1) is 0 Å². The van der Waals surface area contributed by atoms with Crippen LogP contribution in [0.1, 0.15) is 27.2 Å². The topological polar surface area (TPSA) is 67.9 Å². The summed E-state index contributed by atoms with van der Waals surface area (Å²) in [5.41, 5.74) is -0.500. The fraction of sp³-hybridized carbons (Fsp3) is 0.833. The smallest absolute Gasteiger partial charge is 0.409 e. The molecule has 0 atom stereocenters. The first-order chi connectivity index (χ1) is 8.38. The first-order valence-electron chi connectivity index (χ1n) is 6.23. The van der Waals surface area contributed by atoms with Crippen molar-refractivity contribution in [3.63, 3.8) is 0 Å². The largest absolute Gasteiger partial charge is 0.460 e. The van der Waals surface area contributed by atoms with Gasteiger partial charge in [-0.1, -0.05) is 0 Å². The number of ether oxygens (including phenoxy) is 2. The minimum atomic E-state index is -0.500. The Balaban J connectivity index is 2.17. The summed E-state index contributed by atoms with van der Waals surface area (Å²) in [6.45, 7) is 8.32. The summed E-state index contributed by atoms with van der Waals surface area (Å²) >= 11 is 0. The minimum Gasteiger partial charge on any atom is -0.460 e. The Morgan fingerprint density at radius 1 is 1.22 bits per heavy atom. The second-order valence-corrected chi connectivity index (χ2v) is 5.19. The third-order valence-electron chi connectivity index (χ3n) is 2.33. The molecule has 0 aromatic carbocycles. The lowest BCUT2D eigenvalue weighted by molar-refractivity contribution is -0.155. The van der Waals surface area contributed by atoms with Crippen LogP contribution >= 0.6 is 0 Å². The fourth-order valence-corrected chi connectivity index (χ4v) is 1.55. The number of nitrogens with one attached hydrogen (secondary N) is 1. The van der Waals surface area contributed by atoms with Gasteiger partial charge < -0.3 is 19.7 Å². The lowest BCUT2D eigenvalue weighted by Crippen LogP contribution is -2.46. The maximum atomic E-state index is 11.6. The van der Waals surface area contributed by atoms with E-state index in [-0.39, 0.29) is 25.1 Å². The summed E-state index contributed by atoms with van der Waals surface area (Å²) in [6, 6.07) is 0. The van der Waals surface area contributed by atoms with Crippen LogP contribution in [-0.2, 0) is 14.3 Å². The molecule has 1 N–H and O–H groups in total. The molecule has 1 fully saturated rings. The molecule has 0 aromatic rings. The molecule has 0 spiro atoms. The molecule has 0 radical (unpaired) electrons. The van der Waals surface area contributed by atoms with Gasteiger partial charge in [-0.3, -0.25) is 4.79 Å². The molecule has 104 valence electrons. The molecule has 0 unspecified atom stereocenters. The first kappa shape index (κ1) is 14.8. The highest BCUT2D eigenvalue weighted by molar-refractivity contribution is 5.71. The molecule has 1 rings (SSSR count). The summed E-state index contributed by atoms with van der Waals surface area (Å²) in [5.74, 6) is -0.351. The van der Waals surface area contributed by atoms with E-state index in [2.05, 4.69) is 5.32 Å². The first-order valence-corrected chi connectivity index (χ1v) is 6.23. The summed E-state index contributed by atoms with van der Waals surface area (Å²) in [6.07, 6.45) is -0.269. The second kappa shape index (κ2) is 6.58. The summed E-state index contributed by atoms with van der Waals surface area (Å²) in [5, 5.41) is 3.15. The zero-order chi connectivity index (χ0) is 13.6. The zero-order valence-corrected chi connectivity index (χ0v) is 11.3. The lowest BCUT2D eigenvalue weighted by atomic mass is 10.2. The lowest BCUT2D eigenvalue weighted by Gasteiger charge is -2.26.